The van der Waals surface area contributed by atoms with Gasteiger partial charge in [0.05, 0.1) is 17.6 Å². The Bertz CT molecular complexity index is 444. The second-order valence-corrected chi connectivity index (χ2v) is 6.95. The molecule has 1 heterocycles. The number of aliphatic hydroxyl groups excluding tert-OH is 2. The van der Waals surface area contributed by atoms with Gasteiger partial charge in [-0.1, -0.05) is 12.2 Å². The maximum Gasteiger partial charge on any atom is 0.226 e. The Labute approximate surface area is 136 Å². The Morgan fingerprint density at radius 2 is 2.27 bits per heavy atom. The van der Waals surface area contributed by atoms with Crippen molar-refractivity contribution in [1.82, 2.24) is 5.32 Å². The third-order valence-corrected chi connectivity index (χ3v) is 5.66. The predicted octanol–water partition coefficient (Wildman–Crippen LogP) is 1.56. The van der Waals surface area contributed by atoms with E-state index in [1.54, 1.807) is 13.8 Å². The normalized spacial score (nSPS) is 39.8. The summed E-state index contributed by atoms with van der Waals surface area (Å²) < 4.78 is 5.58. The molecule has 1 fully saturated rings. The molecule has 3 N–H and O–H groups in total. The van der Waals surface area contributed by atoms with Crippen LogP contribution < -0.4 is 5.32 Å². The minimum absolute atomic E-state index is 0.0320. The zero-order valence-corrected chi connectivity index (χ0v) is 14.0. The zero-order chi connectivity index (χ0) is 16.4. The average Bonchev–Trinajstić information content (AvgIpc) is 2.70. The van der Waals surface area contributed by atoms with Crippen LogP contribution in [0.5, 0.6) is 0 Å². The summed E-state index contributed by atoms with van der Waals surface area (Å²) >= 11 is 5.82. The number of nitrogens with one attached hydrogen (secondary N) is 1. The first kappa shape index (κ1) is 17.7. The molecule has 1 saturated heterocycles. The number of ether oxygens (including phenoxy) is 1. The number of halogens is 1. The quantitative estimate of drug-likeness (QED) is 0.392. The summed E-state index contributed by atoms with van der Waals surface area (Å²) in [5.41, 5.74) is -1.99. The minimum Gasteiger partial charge on any atom is -0.390 e. The van der Waals surface area contributed by atoms with Crippen LogP contribution in [0, 0.1) is 11.8 Å². The highest BCUT2D eigenvalue weighted by molar-refractivity contribution is 6.18. The van der Waals surface area contributed by atoms with Gasteiger partial charge < -0.3 is 20.3 Å². The van der Waals surface area contributed by atoms with E-state index in [0.717, 1.165) is 19.3 Å². The lowest BCUT2D eigenvalue weighted by Gasteiger charge is -2.46. The summed E-state index contributed by atoms with van der Waals surface area (Å²) in [6, 6.07) is 0. The number of rotatable bonds is 6. The standard InChI is InChI=1S/C16H26ClNO4/c1-15(13(20)11-6-4-3-5-7-11)16(2,22-10-19)12(8-9-17)14(21)18-15/h4,6,11-13,19-20H,3,5,7-10H2,1-2H3,(H,18,21). The monoisotopic (exact) mass is 331 g/mol. The molecule has 2 rings (SSSR count). The summed E-state index contributed by atoms with van der Waals surface area (Å²) in [6.07, 6.45) is 6.64. The molecule has 6 heteroatoms. The van der Waals surface area contributed by atoms with E-state index >= 15 is 0 Å². The lowest BCUT2D eigenvalue weighted by atomic mass is 9.69. The van der Waals surface area contributed by atoms with Gasteiger partial charge in [0.1, 0.15) is 12.4 Å². The summed E-state index contributed by atoms with van der Waals surface area (Å²) in [7, 11) is 0. The van der Waals surface area contributed by atoms with Crippen molar-refractivity contribution in [3.05, 3.63) is 12.2 Å². The maximum absolute atomic E-state index is 12.4. The highest BCUT2D eigenvalue weighted by atomic mass is 35.5. The maximum atomic E-state index is 12.4. The van der Waals surface area contributed by atoms with E-state index < -0.39 is 30.0 Å². The van der Waals surface area contributed by atoms with Gasteiger partial charge in [0.2, 0.25) is 5.91 Å². The molecule has 5 nitrogen and oxygen atoms in total. The number of amides is 1. The fourth-order valence-corrected chi connectivity index (χ4v) is 4.10. The summed E-state index contributed by atoms with van der Waals surface area (Å²) in [5.74, 6) is -0.393. The van der Waals surface area contributed by atoms with Gasteiger partial charge in [-0.3, -0.25) is 4.79 Å². The van der Waals surface area contributed by atoms with E-state index in [4.69, 9.17) is 16.3 Å². The number of carbonyl (C=O) groups is 1. The van der Waals surface area contributed by atoms with Gasteiger partial charge >= 0.3 is 0 Å². The lowest BCUT2D eigenvalue weighted by molar-refractivity contribution is -0.177. The van der Waals surface area contributed by atoms with Crippen LogP contribution in [0.15, 0.2) is 12.2 Å². The molecule has 1 aliphatic heterocycles. The fourth-order valence-electron chi connectivity index (χ4n) is 3.88. The average molecular weight is 332 g/mol. The van der Waals surface area contributed by atoms with Crippen molar-refractivity contribution in [3.63, 3.8) is 0 Å². The topological polar surface area (TPSA) is 78.8 Å². The van der Waals surface area contributed by atoms with Crippen LogP contribution in [0.3, 0.4) is 0 Å². The molecule has 0 aromatic carbocycles. The van der Waals surface area contributed by atoms with Crippen molar-refractivity contribution in [2.45, 2.75) is 56.8 Å². The van der Waals surface area contributed by atoms with Crippen molar-refractivity contribution in [1.29, 1.82) is 0 Å². The predicted molar refractivity (Wildman–Crippen MR) is 84.4 cm³/mol. The number of hydrogen-bond acceptors (Lipinski definition) is 4. The fraction of sp³-hybridized carbons (Fsp3) is 0.812. The third kappa shape index (κ3) is 2.80. The summed E-state index contributed by atoms with van der Waals surface area (Å²) in [6.45, 7) is 3.06. The van der Waals surface area contributed by atoms with Crippen molar-refractivity contribution in [2.24, 2.45) is 11.8 Å². The first-order chi connectivity index (χ1) is 10.4. The van der Waals surface area contributed by atoms with Crippen LogP contribution in [0.4, 0.5) is 0 Å². The zero-order valence-electron chi connectivity index (χ0n) is 13.2. The van der Waals surface area contributed by atoms with Crippen LogP contribution in [0.25, 0.3) is 0 Å². The largest absolute Gasteiger partial charge is 0.390 e. The highest BCUT2D eigenvalue weighted by Gasteiger charge is 2.63. The van der Waals surface area contributed by atoms with E-state index in [-0.39, 0.29) is 11.8 Å². The second-order valence-electron chi connectivity index (χ2n) is 6.57. The number of allylic oxidation sites excluding steroid dienone is 1. The molecule has 5 unspecified atom stereocenters. The van der Waals surface area contributed by atoms with E-state index in [2.05, 4.69) is 11.4 Å². The molecule has 0 aromatic heterocycles. The van der Waals surface area contributed by atoms with Gasteiger partial charge in [0.25, 0.3) is 0 Å². The Hall–Kier alpha value is -0.620. The Morgan fingerprint density at radius 1 is 1.55 bits per heavy atom. The van der Waals surface area contributed by atoms with Gasteiger partial charge in [0.15, 0.2) is 0 Å². The molecule has 0 saturated carbocycles. The van der Waals surface area contributed by atoms with E-state index in [0.29, 0.717) is 12.3 Å². The molecular formula is C16H26ClNO4. The number of alkyl halides is 1. The van der Waals surface area contributed by atoms with Crippen LogP contribution in [-0.4, -0.2) is 46.0 Å². The Kier molecular flexibility index (Phi) is 5.54. The summed E-state index contributed by atoms with van der Waals surface area (Å²) in [5, 5.41) is 23.2. The first-order valence-corrected chi connectivity index (χ1v) is 8.41. The number of aliphatic hydroxyl groups is 2. The molecule has 22 heavy (non-hydrogen) atoms. The molecule has 126 valence electrons. The third-order valence-electron chi connectivity index (χ3n) is 5.45. The molecular weight excluding hydrogens is 306 g/mol. The minimum atomic E-state index is -1.02. The molecule has 2 aliphatic rings. The van der Waals surface area contributed by atoms with Gasteiger partial charge in [-0.25, -0.2) is 0 Å². The Balaban J connectivity index is 2.34. The van der Waals surface area contributed by atoms with Crippen molar-refractivity contribution >= 4 is 17.5 Å². The van der Waals surface area contributed by atoms with Gasteiger partial charge in [0, 0.05) is 11.8 Å². The van der Waals surface area contributed by atoms with Gasteiger partial charge in [-0.05, 0) is 39.5 Å². The van der Waals surface area contributed by atoms with Crippen molar-refractivity contribution in [3.8, 4) is 0 Å². The summed E-state index contributed by atoms with van der Waals surface area (Å²) in [4.78, 5) is 12.4. The molecule has 1 aliphatic carbocycles. The van der Waals surface area contributed by atoms with Gasteiger partial charge in [-0.15, -0.1) is 11.6 Å². The molecule has 0 aromatic rings. The van der Waals surface area contributed by atoms with Crippen LogP contribution in [-0.2, 0) is 9.53 Å². The van der Waals surface area contributed by atoms with E-state index in [1.165, 1.54) is 0 Å². The number of carbonyl (C=O) groups excluding carboxylic acids is 1. The van der Waals surface area contributed by atoms with Crippen molar-refractivity contribution in [2.75, 3.05) is 12.7 Å². The van der Waals surface area contributed by atoms with Crippen molar-refractivity contribution < 1.29 is 19.7 Å². The molecule has 0 radical (unpaired) electrons. The molecule has 1 amide bonds. The Morgan fingerprint density at radius 3 is 2.82 bits per heavy atom. The van der Waals surface area contributed by atoms with Crippen LogP contribution in [0.1, 0.15) is 39.5 Å². The molecule has 0 spiro atoms. The van der Waals surface area contributed by atoms with E-state index in [9.17, 15) is 15.0 Å². The second kappa shape index (κ2) is 6.87. The van der Waals surface area contributed by atoms with Crippen LogP contribution in [0.2, 0.25) is 0 Å². The smallest absolute Gasteiger partial charge is 0.226 e. The lowest BCUT2D eigenvalue weighted by Crippen LogP contribution is -2.64. The highest BCUT2D eigenvalue weighted by Crippen LogP contribution is 2.45. The van der Waals surface area contributed by atoms with Crippen LogP contribution >= 0.6 is 11.6 Å². The van der Waals surface area contributed by atoms with E-state index in [1.807, 2.05) is 6.08 Å². The molecule has 0 bridgehead atoms. The first-order valence-electron chi connectivity index (χ1n) is 7.88. The molecule has 5 atom stereocenters. The SMILES string of the molecule is CC1(C(O)C2C=CCCC2)NC(=O)C(CCCl)C1(C)OCO. The number of hydrogen-bond donors (Lipinski definition) is 3. The van der Waals surface area contributed by atoms with Gasteiger partial charge in [-0.2, -0.15) is 0 Å².